The van der Waals surface area contributed by atoms with Crippen LogP contribution in [0.5, 0.6) is 5.88 Å². The summed E-state index contributed by atoms with van der Waals surface area (Å²) in [5.74, 6) is -0.0788. The van der Waals surface area contributed by atoms with Gasteiger partial charge in [-0.2, -0.15) is 0 Å². The molecule has 0 aliphatic heterocycles. The minimum atomic E-state index is -0.266. The molecule has 0 aliphatic rings. The van der Waals surface area contributed by atoms with E-state index in [9.17, 15) is 9.90 Å². The van der Waals surface area contributed by atoms with E-state index in [1.165, 1.54) is 4.57 Å². The maximum absolute atomic E-state index is 12.4. The van der Waals surface area contributed by atoms with E-state index in [-0.39, 0.29) is 17.0 Å². The lowest BCUT2D eigenvalue weighted by molar-refractivity contribution is 0.399. The van der Waals surface area contributed by atoms with Gasteiger partial charge in [-0.25, -0.2) is 0 Å². The molecule has 112 valence electrons. The zero-order valence-corrected chi connectivity index (χ0v) is 13.5. The molecule has 0 saturated heterocycles. The minimum Gasteiger partial charge on any atom is -0.494 e. The molecule has 1 heterocycles. The highest BCUT2D eigenvalue weighted by Crippen LogP contribution is 2.15. The van der Waals surface area contributed by atoms with Crippen molar-refractivity contribution in [3.05, 3.63) is 20.7 Å². The lowest BCUT2D eigenvalue weighted by atomic mass is 10.2. The van der Waals surface area contributed by atoms with Gasteiger partial charge in [-0.05, 0) is 39.4 Å². The van der Waals surface area contributed by atoms with Crippen molar-refractivity contribution in [1.82, 2.24) is 9.13 Å². The Morgan fingerprint density at radius 3 is 2.35 bits per heavy atom. The van der Waals surface area contributed by atoms with Gasteiger partial charge in [-0.15, -0.1) is 0 Å². The van der Waals surface area contributed by atoms with Crippen molar-refractivity contribution in [3.63, 3.8) is 0 Å². The summed E-state index contributed by atoms with van der Waals surface area (Å²) in [7, 11) is 0. The molecular formula is C14H23N3O2S. The molecule has 1 N–H and O–H groups in total. The SMILES string of the molecule is CCCCN=C(C)c1c(O)n(CC)c(=S)n(CC)c1=O. The standard InChI is InChI=1S/C14H23N3O2S/c1-5-8-9-15-10(4)11-12(18)16(6-2)14(20)17(7-3)13(11)19/h18H,5-9H2,1-4H3. The zero-order valence-electron chi connectivity index (χ0n) is 12.6. The van der Waals surface area contributed by atoms with Gasteiger partial charge in [0.15, 0.2) is 4.77 Å². The van der Waals surface area contributed by atoms with Crippen LogP contribution in [0.3, 0.4) is 0 Å². The lowest BCUT2D eigenvalue weighted by Gasteiger charge is -2.15. The number of hydrogen-bond acceptors (Lipinski definition) is 4. The van der Waals surface area contributed by atoms with Crippen LogP contribution < -0.4 is 5.56 Å². The first-order valence-electron chi connectivity index (χ1n) is 7.07. The van der Waals surface area contributed by atoms with Crippen LogP contribution in [-0.4, -0.2) is 26.5 Å². The Bertz CT molecular complexity index is 614. The highest BCUT2D eigenvalue weighted by Gasteiger charge is 2.17. The molecule has 0 unspecified atom stereocenters. The molecule has 0 spiro atoms. The van der Waals surface area contributed by atoms with Crippen LogP contribution >= 0.6 is 12.2 Å². The Kier molecular flexibility index (Phi) is 6.13. The molecule has 1 aromatic rings. The number of aliphatic imine (C=N–C) groups is 1. The van der Waals surface area contributed by atoms with E-state index in [1.807, 2.05) is 13.8 Å². The van der Waals surface area contributed by atoms with E-state index >= 15 is 0 Å². The summed E-state index contributed by atoms with van der Waals surface area (Å²) in [6.45, 7) is 9.25. The molecule has 0 amide bonds. The number of nitrogens with zero attached hydrogens (tertiary/aromatic N) is 3. The predicted octanol–water partition coefficient (Wildman–Crippen LogP) is 2.73. The first-order chi connectivity index (χ1) is 9.49. The van der Waals surface area contributed by atoms with Gasteiger partial charge in [0, 0.05) is 25.3 Å². The molecule has 1 aromatic heterocycles. The molecule has 0 fully saturated rings. The summed E-state index contributed by atoms with van der Waals surface area (Å²) in [6.07, 6.45) is 2.01. The largest absolute Gasteiger partial charge is 0.494 e. The quantitative estimate of drug-likeness (QED) is 0.499. The normalized spacial score (nSPS) is 11.9. The molecule has 0 aromatic carbocycles. The second kappa shape index (κ2) is 7.38. The molecule has 0 bridgehead atoms. The average molecular weight is 297 g/mol. The van der Waals surface area contributed by atoms with E-state index < -0.39 is 0 Å². The summed E-state index contributed by atoms with van der Waals surface area (Å²) < 4.78 is 3.41. The van der Waals surface area contributed by atoms with Crippen LogP contribution in [0.2, 0.25) is 0 Å². The average Bonchev–Trinajstić information content (AvgIpc) is 2.40. The topological polar surface area (TPSA) is 59.5 Å². The second-order valence-electron chi connectivity index (χ2n) is 4.60. The molecule has 0 saturated carbocycles. The van der Waals surface area contributed by atoms with Crippen molar-refractivity contribution in [2.24, 2.45) is 4.99 Å². The lowest BCUT2D eigenvalue weighted by Crippen LogP contribution is -2.30. The van der Waals surface area contributed by atoms with Crippen LogP contribution in [0.4, 0.5) is 0 Å². The molecule has 1 rings (SSSR count). The fourth-order valence-electron chi connectivity index (χ4n) is 2.05. The van der Waals surface area contributed by atoms with Gasteiger partial charge < -0.3 is 5.11 Å². The van der Waals surface area contributed by atoms with E-state index in [0.717, 1.165) is 12.8 Å². The predicted molar refractivity (Wildman–Crippen MR) is 84.5 cm³/mol. The van der Waals surface area contributed by atoms with Gasteiger partial charge in [0.1, 0.15) is 5.56 Å². The molecule has 5 nitrogen and oxygen atoms in total. The first-order valence-corrected chi connectivity index (χ1v) is 7.48. The molecular weight excluding hydrogens is 274 g/mol. The molecule has 0 atom stereocenters. The van der Waals surface area contributed by atoms with E-state index in [2.05, 4.69) is 11.9 Å². The van der Waals surface area contributed by atoms with Crippen LogP contribution in [0.1, 0.15) is 46.1 Å². The number of rotatable bonds is 6. The number of aromatic nitrogens is 2. The van der Waals surface area contributed by atoms with E-state index in [4.69, 9.17) is 12.2 Å². The van der Waals surface area contributed by atoms with Gasteiger partial charge in [0.2, 0.25) is 5.88 Å². The summed E-state index contributed by atoms with van der Waals surface area (Å²) in [5, 5.41) is 10.3. The Hall–Kier alpha value is -1.43. The first kappa shape index (κ1) is 16.6. The van der Waals surface area contributed by atoms with E-state index in [0.29, 0.717) is 30.1 Å². The van der Waals surface area contributed by atoms with Gasteiger partial charge in [0.05, 0.1) is 0 Å². The highest BCUT2D eigenvalue weighted by atomic mass is 32.1. The smallest absolute Gasteiger partial charge is 0.267 e. The van der Waals surface area contributed by atoms with Crippen LogP contribution in [-0.2, 0) is 13.1 Å². The van der Waals surface area contributed by atoms with Crippen LogP contribution in [0.15, 0.2) is 9.79 Å². The molecule has 6 heteroatoms. The summed E-state index contributed by atoms with van der Waals surface area (Å²) in [5.41, 5.74) is 0.566. The fraction of sp³-hybridized carbons (Fsp3) is 0.643. The number of aromatic hydroxyl groups is 1. The summed E-state index contributed by atoms with van der Waals surface area (Å²) >= 11 is 5.24. The number of hydrogen-bond donors (Lipinski definition) is 1. The summed E-state index contributed by atoms with van der Waals surface area (Å²) in [6, 6.07) is 0. The van der Waals surface area contributed by atoms with Gasteiger partial charge in [-0.3, -0.25) is 18.9 Å². The van der Waals surface area contributed by atoms with Gasteiger partial charge in [-0.1, -0.05) is 13.3 Å². The molecule has 20 heavy (non-hydrogen) atoms. The van der Waals surface area contributed by atoms with Crippen LogP contribution in [0.25, 0.3) is 0 Å². The van der Waals surface area contributed by atoms with Crippen molar-refractivity contribution < 1.29 is 5.11 Å². The highest BCUT2D eigenvalue weighted by molar-refractivity contribution is 7.71. The van der Waals surface area contributed by atoms with Crippen molar-refractivity contribution in [2.75, 3.05) is 6.54 Å². The zero-order chi connectivity index (χ0) is 15.3. The Balaban J connectivity index is 3.51. The van der Waals surface area contributed by atoms with Crippen molar-refractivity contribution in [3.8, 4) is 5.88 Å². The van der Waals surface area contributed by atoms with Crippen molar-refractivity contribution >= 4 is 17.9 Å². The van der Waals surface area contributed by atoms with Crippen molar-refractivity contribution in [1.29, 1.82) is 0 Å². The molecule has 0 radical (unpaired) electrons. The Labute approximate surface area is 124 Å². The maximum atomic E-state index is 12.4. The second-order valence-corrected chi connectivity index (χ2v) is 4.96. The third-order valence-corrected chi connectivity index (χ3v) is 3.70. The third-order valence-electron chi connectivity index (χ3n) is 3.26. The Morgan fingerprint density at radius 1 is 1.25 bits per heavy atom. The van der Waals surface area contributed by atoms with Gasteiger partial charge in [0.25, 0.3) is 5.56 Å². The minimum absolute atomic E-state index is 0.0788. The maximum Gasteiger partial charge on any atom is 0.267 e. The Morgan fingerprint density at radius 2 is 1.85 bits per heavy atom. The van der Waals surface area contributed by atoms with Crippen LogP contribution in [0, 0.1) is 4.77 Å². The fourth-order valence-corrected chi connectivity index (χ4v) is 2.48. The number of unbranched alkanes of at least 4 members (excludes halogenated alkanes) is 1. The monoisotopic (exact) mass is 297 g/mol. The molecule has 0 aliphatic carbocycles. The van der Waals surface area contributed by atoms with Crippen molar-refractivity contribution in [2.45, 2.75) is 53.6 Å². The summed E-state index contributed by atoms with van der Waals surface area (Å²) in [4.78, 5) is 16.8. The van der Waals surface area contributed by atoms with E-state index in [1.54, 1.807) is 11.5 Å². The van der Waals surface area contributed by atoms with Gasteiger partial charge >= 0.3 is 0 Å². The third kappa shape index (κ3) is 3.17.